The van der Waals surface area contributed by atoms with Crippen LogP contribution in [-0.4, -0.2) is 46.7 Å². The first-order valence-corrected chi connectivity index (χ1v) is 8.31. The van der Waals surface area contributed by atoms with Gasteiger partial charge in [-0.05, 0) is 42.9 Å². The van der Waals surface area contributed by atoms with E-state index in [1.807, 2.05) is 32.0 Å². The Morgan fingerprint density at radius 2 is 1.91 bits per heavy atom. The molecule has 0 spiro atoms. The summed E-state index contributed by atoms with van der Waals surface area (Å²) in [7, 11) is 0. The Balaban J connectivity index is 1.79. The molecule has 5 heteroatoms. The second-order valence-corrected chi connectivity index (χ2v) is 6.24. The number of imide groups is 1. The second-order valence-electron chi connectivity index (χ2n) is 6.24. The van der Waals surface area contributed by atoms with Crippen LogP contribution < -0.4 is 0 Å². The fourth-order valence-electron chi connectivity index (χ4n) is 3.03. The topological polar surface area (TPSA) is 57.7 Å². The van der Waals surface area contributed by atoms with E-state index in [0.29, 0.717) is 5.56 Å². The molecule has 1 saturated carbocycles. The maximum atomic E-state index is 12.7. The van der Waals surface area contributed by atoms with Crippen molar-refractivity contribution in [3.05, 3.63) is 34.9 Å². The number of rotatable bonds is 6. The van der Waals surface area contributed by atoms with E-state index in [-0.39, 0.29) is 36.9 Å². The first-order chi connectivity index (χ1) is 11.0. The van der Waals surface area contributed by atoms with Gasteiger partial charge in [-0.1, -0.05) is 26.0 Å². The highest BCUT2D eigenvalue weighted by molar-refractivity contribution is 6.08. The maximum absolute atomic E-state index is 12.7. The smallest absolute Gasteiger partial charge is 0.312 e. The van der Waals surface area contributed by atoms with E-state index in [9.17, 15) is 14.4 Å². The van der Waals surface area contributed by atoms with Crippen LogP contribution >= 0.6 is 0 Å². The summed E-state index contributed by atoms with van der Waals surface area (Å²) in [5.74, 6) is -0.420. The van der Waals surface area contributed by atoms with Crippen molar-refractivity contribution in [1.29, 1.82) is 0 Å². The van der Waals surface area contributed by atoms with Crippen LogP contribution in [0.5, 0.6) is 0 Å². The van der Waals surface area contributed by atoms with Gasteiger partial charge in [-0.3, -0.25) is 14.5 Å². The standard InChI is InChI=1S/C18H22N2O3/c1-3-12-5-6-13(4-2)15(9-12)16(21)10-20-17(22)11-19(18(20)23)14-7-8-14/h5-6,9,14H,3-4,7-8,10-11H2,1-2H3. The molecule has 3 rings (SSSR count). The average molecular weight is 314 g/mol. The molecule has 1 aromatic rings. The number of benzene rings is 1. The van der Waals surface area contributed by atoms with Crippen LogP contribution in [0.15, 0.2) is 18.2 Å². The lowest BCUT2D eigenvalue weighted by Gasteiger charge is -2.17. The van der Waals surface area contributed by atoms with Gasteiger partial charge in [0.2, 0.25) is 0 Å². The molecule has 122 valence electrons. The molecule has 0 unspecified atom stereocenters. The molecule has 2 fully saturated rings. The van der Waals surface area contributed by atoms with Crippen molar-refractivity contribution in [3.63, 3.8) is 0 Å². The van der Waals surface area contributed by atoms with Gasteiger partial charge in [0.1, 0.15) is 6.54 Å². The van der Waals surface area contributed by atoms with E-state index in [0.717, 1.165) is 41.7 Å². The number of urea groups is 1. The van der Waals surface area contributed by atoms with Crippen molar-refractivity contribution >= 4 is 17.7 Å². The maximum Gasteiger partial charge on any atom is 0.327 e. The van der Waals surface area contributed by atoms with Gasteiger partial charge >= 0.3 is 6.03 Å². The zero-order chi connectivity index (χ0) is 16.6. The number of amides is 3. The Hall–Kier alpha value is -2.17. The molecule has 23 heavy (non-hydrogen) atoms. The summed E-state index contributed by atoms with van der Waals surface area (Å²) in [6, 6.07) is 5.77. The highest BCUT2D eigenvalue weighted by Crippen LogP contribution is 2.30. The minimum atomic E-state index is -0.310. The summed E-state index contributed by atoms with van der Waals surface area (Å²) in [4.78, 5) is 39.8. The van der Waals surface area contributed by atoms with E-state index in [1.54, 1.807) is 4.90 Å². The SMILES string of the molecule is CCc1ccc(CC)c(C(=O)CN2C(=O)CN(C3CC3)C2=O)c1. The predicted octanol–water partition coefficient (Wildman–Crippen LogP) is 2.42. The molecule has 1 aliphatic heterocycles. The minimum absolute atomic E-state index is 0.117. The molecule has 0 aromatic heterocycles. The third-order valence-corrected chi connectivity index (χ3v) is 4.64. The number of carbonyl (C=O) groups excluding carboxylic acids is 3. The van der Waals surface area contributed by atoms with Gasteiger partial charge in [-0.15, -0.1) is 0 Å². The average Bonchev–Trinajstić information content (AvgIpc) is 3.36. The Kier molecular flexibility index (Phi) is 4.20. The van der Waals surface area contributed by atoms with Crippen molar-refractivity contribution in [3.8, 4) is 0 Å². The van der Waals surface area contributed by atoms with E-state index >= 15 is 0 Å². The number of hydrogen-bond acceptors (Lipinski definition) is 3. The van der Waals surface area contributed by atoms with Gasteiger partial charge in [0.15, 0.2) is 5.78 Å². The van der Waals surface area contributed by atoms with E-state index in [2.05, 4.69) is 0 Å². The molecule has 1 aromatic carbocycles. The summed E-state index contributed by atoms with van der Waals surface area (Å²) in [5.41, 5.74) is 2.69. The van der Waals surface area contributed by atoms with Crippen molar-refractivity contribution in [2.75, 3.05) is 13.1 Å². The van der Waals surface area contributed by atoms with Crippen LogP contribution in [0.25, 0.3) is 0 Å². The molecule has 5 nitrogen and oxygen atoms in total. The summed E-state index contributed by atoms with van der Waals surface area (Å²) >= 11 is 0. The summed E-state index contributed by atoms with van der Waals surface area (Å²) in [5, 5.41) is 0. The highest BCUT2D eigenvalue weighted by atomic mass is 16.2. The molecule has 0 radical (unpaired) electrons. The van der Waals surface area contributed by atoms with Crippen LogP contribution in [-0.2, 0) is 17.6 Å². The van der Waals surface area contributed by atoms with Crippen LogP contribution in [0.3, 0.4) is 0 Å². The van der Waals surface area contributed by atoms with Gasteiger partial charge in [-0.2, -0.15) is 0 Å². The molecular formula is C18H22N2O3. The van der Waals surface area contributed by atoms with Gasteiger partial charge < -0.3 is 4.90 Å². The number of nitrogens with zero attached hydrogens (tertiary/aromatic N) is 2. The molecule has 1 aliphatic carbocycles. The zero-order valence-electron chi connectivity index (χ0n) is 13.7. The van der Waals surface area contributed by atoms with Crippen LogP contribution in [0.2, 0.25) is 0 Å². The zero-order valence-corrected chi connectivity index (χ0v) is 13.7. The lowest BCUT2D eigenvalue weighted by molar-refractivity contribution is -0.125. The largest absolute Gasteiger partial charge is 0.327 e. The fraction of sp³-hybridized carbons (Fsp3) is 0.500. The molecular weight excluding hydrogens is 292 g/mol. The van der Waals surface area contributed by atoms with Gasteiger partial charge in [-0.25, -0.2) is 4.79 Å². The molecule has 0 bridgehead atoms. The highest BCUT2D eigenvalue weighted by Gasteiger charge is 2.44. The molecule has 0 N–H and O–H groups in total. The quantitative estimate of drug-likeness (QED) is 0.598. The summed E-state index contributed by atoms with van der Waals surface area (Å²) in [6.07, 6.45) is 3.52. The number of ketones is 1. The van der Waals surface area contributed by atoms with Crippen molar-refractivity contribution in [2.45, 2.75) is 45.6 Å². The van der Waals surface area contributed by atoms with Gasteiger partial charge in [0.05, 0.1) is 6.54 Å². The summed E-state index contributed by atoms with van der Waals surface area (Å²) in [6.45, 7) is 4.00. The van der Waals surface area contributed by atoms with Crippen LogP contribution in [0, 0.1) is 0 Å². The normalized spacial score (nSPS) is 18.0. The number of carbonyl (C=O) groups is 3. The minimum Gasteiger partial charge on any atom is -0.312 e. The molecule has 1 saturated heterocycles. The van der Waals surface area contributed by atoms with Crippen LogP contribution in [0.1, 0.15) is 48.2 Å². The van der Waals surface area contributed by atoms with Gasteiger partial charge in [0.25, 0.3) is 5.91 Å². The Morgan fingerprint density at radius 3 is 2.52 bits per heavy atom. The number of hydrogen-bond donors (Lipinski definition) is 0. The lowest BCUT2D eigenvalue weighted by atomic mass is 9.97. The van der Waals surface area contributed by atoms with E-state index in [4.69, 9.17) is 0 Å². The monoisotopic (exact) mass is 314 g/mol. The third-order valence-electron chi connectivity index (χ3n) is 4.64. The third kappa shape index (κ3) is 3.00. The molecule has 3 amide bonds. The molecule has 2 aliphatic rings. The fourth-order valence-corrected chi connectivity index (χ4v) is 3.03. The predicted molar refractivity (Wildman–Crippen MR) is 86.4 cm³/mol. The summed E-state index contributed by atoms with van der Waals surface area (Å²) < 4.78 is 0. The van der Waals surface area contributed by atoms with E-state index < -0.39 is 0 Å². The lowest BCUT2D eigenvalue weighted by Crippen LogP contribution is -2.37. The Bertz CT molecular complexity index is 664. The van der Waals surface area contributed by atoms with Crippen LogP contribution in [0.4, 0.5) is 4.79 Å². The number of aryl methyl sites for hydroxylation is 2. The first-order valence-electron chi connectivity index (χ1n) is 8.31. The first kappa shape index (κ1) is 15.7. The van der Waals surface area contributed by atoms with Crippen molar-refractivity contribution < 1.29 is 14.4 Å². The second kappa shape index (κ2) is 6.14. The van der Waals surface area contributed by atoms with Crippen molar-refractivity contribution in [2.24, 2.45) is 0 Å². The molecule has 0 atom stereocenters. The van der Waals surface area contributed by atoms with Gasteiger partial charge in [0, 0.05) is 11.6 Å². The van der Waals surface area contributed by atoms with E-state index in [1.165, 1.54) is 0 Å². The molecule has 1 heterocycles. The Morgan fingerprint density at radius 1 is 1.17 bits per heavy atom. The Labute approximate surface area is 136 Å². The number of Topliss-reactive ketones (excluding diaryl/α,β-unsaturated/α-hetero) is 1. The van der Waals surface area contributed by atoms with Crippen molar-refractivity contribution in [1.82, 2.24) is 9.80 Å².